The molecule has 0 radical (unpaired) electrons. The highest BCUT2D eigenvalue weighted by Crippen LogP contribution is 2.41. The van der Waals surface area contributed by atoms with Crippen molar-refractivity contribution in [3.05, 3.63) is 40.9 Å². The number of esters is 1. The van der Waals surface area contributed by atoms with E-state index in [0.717, 1.165) is 11.1 Å². The Morgan fingerprint density at radius 3 is 2.44 bits per heavy atom. The van der Waals surface area contributed by atoms with E-state index in [-0.39, 0.29) is 5.03 Å². The van der Waals surface area contributed by atoms with Crippen LogP contribution in [0.2, 0.25) is 0 Å². The number of likely N-dealkylation sites (N-methyl/N-ethyl adjacent to an activating group) is 1. The summed E-state index contributed by atoms with van der Waals surface area (Å²) in [6.07, 6.45) is 0. The highest BCUT2D eigenvalue weighted by Gasteiger charge is 2.44. The van der Waals surface area contributed by atoms with Crippen LogP contribution in [-0.4, -0.2) is 37.1 Å². The Morgan fingerprint density at radius 1 is 1.28 bits per heavy atom. The molecule has 0 saturated heterocycles. The van der Waals surface area contributed by atoms with Crippen LogP contribution in [0.15, 0.2) is 35.4 Å². The highest BCUT2D eigenvalue weighted by molar-refractivity contribution is 6.45. The van der Waals surface area contributed by atoms with Gasteiger partial charge in [0.25, 0.3) is 0 Å². The molecule has 1 aliphatic heterocycles. The van der Waals surface area contributed by atoms with Crippen molar-refractivity contribution in [1.29, 1.82) is 0 Å². The van der Waals surface area contributed by atoms with Gasteiger partial charge in [-0.2, -0.15) is 0 Å². The molecule has 0 saturated carbocycles. The van der Waals surface area contributed by atoms with Gasteiger partial charge in [0, 0.05) is 12.1 Å². The fourth-order valence-electron chi connectivity index (χ4n) is 2.39. The molecule has 96 valence electrons. The maximum Gasteiger partial charge on any atom is 0.351 e. The van der Waals surface area contributed by atoms with Gasteiger partial charge >= 0.3 is 5.97 Å². The van der Waals surface area contributed by atoms with E-state index in [1.54, 1.807) is 0 Å². The van der Waals surface area contributed by atoms with E-state index >= 15 is 0 Å². The van der Waals surface area contributed by atoms with Crippen molar-refractivity contribution in [3.8, 4) is 0 Å². The number of hydrogen-bond donors (Lipinski definition) is 0. The summed E-state index contributed by atoms with van der Waals surface area (Å²) >= 11 is 6.12. The zero-order valence-corrected chi connectivity index (χ0v) is 11.5. The summed E-state index contributed by atoms with van der Waals surface area (Å²) in [6.45, 7) is 2.49. The number of carbonyl (C=O) groups excluding carboxylic acids is 1. The molecule has 0 bridgehead atoms. The van der Waals surface area contributed by atoms with Crippen LogP contribution in [-0.2, 0) is 9.53 Å². The Balaban J connectivity index is 2.49. The van der Waals surface area contributed by atoms with Crippen LogP contribution in [0.25, 0.3) is 5.57 Å². The largest absolute Gasteiger partial charge is 0.449 e. The lowest BCUT2D eigenvalue weighted by Crippen LogP contribution is -2.39. The third kappa shape index (κ3) is 2.28. The molecule has 2 rings (SSSR count). The number of benzene rings is 1. The second-order valence-corrected chi connectivity index (χ2v) is 5.29. The van der Waals surface area contributed by atoms with Crippen molar-refractivity contribution in [1.82, 2.24) is 4.90 Å². The van der Waals surface area contributed by atoms with Gasteiger partial charge in [0.05, 0.1) is 0 Å². The van der Waals surface area contributed by atoms with Gasteiger partial charge < -0.3 is 9.64 Å². The molecule has 0 unspecified atom stereocenters. The quantitative estimate of drug-likeness (QED) is 0.787. The first-order valence-corrected chi connectivity index (χ1v) is 6.15. The predicted octanol–water partition coefficient (Wildman–Crippen LogP) is 2.51. The summed E-state index contributed by atoms with van der Waals surface area (Å²) in [5.74, 6) is -0.445. The highest BCUT2D eigenvalue weighted by atomic mass is 35.5. The molecule has 1 aromatic carbocycles. The number of rotatable bonds is 3. The van der Waals surface area contributed by atoms with Crippen molar-refractivity contribution >= 4 is 23.1 Å². The molecule has 0 N–H and O–H groups in total. The minimum Gasteiger partial charge on any atom is -0.449 e. The van der Waals surface area contributed by atoms with E-state index in [9.17, 15) is 4.79 Å². The average molecular weight is 266 g/mol. The molecule has 0 aliphatic carbocycles. The second kappa shape index (κ2) is 4.75. The first kappa shape index (κ1) is 13.1. The van der Waals surface area contributed by atoms with Crippen LogP contribution in [0.1, 0.15) is 12.5 Å². The summed E-state index contributed by atoms with van der Waals surface area (Å²) in [5.41, 5.74) is 1.00. The lowest BCUT2D eigenvalue weighted by Gasteiger charge is -2.29. The van der Waals surface area contributed by atoms with Gasteiger partial charge in [0.1, 0.15) is 10.6 Å². The summed E-state index contributed by atoms with van der Waals surface area (Å²) in [6, 6.07) is 9.65. The van der Waals surface area contributed by atoms with E-state index in [2.05, 4.69) is 0 Å². The Labute approximate surface area is 112 Å². The Bertz CT molecular complexity index is 496. The first-order chi connectivity index (χ1) is 8.44. The van der Waals surface area contributed by atoms with Crippen molar-refractivity contribution in [2.45, 2.75) is 12.5 Å². The number of carbonyl (C=O) groups is 1. The third-order valence-corrected chi connectivity index (χ3v) is 3.27. The van der Waals surface area contributed by atoms with E-state index in [1.807, 2.05) is 56.3 Å². The van der Waals surface area contributed by atoms with Crippen LogP contribution < -0.4 is 0 Å². The van der Waals surface area contributed by atoms with Gasteiger partial charge in [-0.25, -0.2) is 4.79 Å². The molecular formula is C14H16ClNO2. The zero-order chi connectivity index (χ0) is 13.3. The van der Waals surface area contributed by atoms with Crippen molar-refractivity contribution in [2.75, 3.05) is 20.6 Å². The fourth-order valence-corrected chi connectivity index (χ4v) is 2.73. The molecule has 18 heavy (non-hydrogen) atoms. The number of ether oxygens (including phenoxy) is 1. The van der Waals surface area contributed by atoms with Crippen LogP contribution in [0, 0.1) is 0 Å². The fraction of sp³-hybridized carbons (Fsp3) is 0.357. The topological polar surface area (TPSA) is 29.5 Å². The average Bonchev–Trinajstić information content (AvgIpc) is 2.49. The molecule has 0 aromatic heterocycles. The smallest absolute Gasteiger partial charge is 0.351 e. The molecule has 1 aliphatic rings. The van der Waals surface area contributed by atoms with E-state index in [4.69, 9.17) is 16.3 Å². The number of halogens is 1. The second-order valence-electron chi connectivity index (χ2n) is 4.91. The van der Waals surface area contributed by atoms with Crippen molar-refractivity contribution < 1.29 is 9.53 Å². The number of hydrogen-bond acceptors (Lipinski definition) is 3. The minimum absolute atomic E-state index is 0.186. The predicted molar refractivity (Wildman–Crippen MR) is 72.3 cm³/mol. The van der Waals surface area contributed by atoms with Gasteiger partial charge in [-0.15, -0.1) is 0 Å². The SMILES string of the molecule is CN(C)C[C@@]1(C)OC(=O)C(Cl)=C1c1ccccc1. The maximum atomic E-state index is 11.7. The van der Waals surface area contributed by atoms with Crippen LogP contribution in [0.3, 0.4) is 0 Å². The van der Waals surface area contributed by atoms with Crippen LogP contribution in [0.5, 0.6) is 0 Å². The standard InChI is InChI=1S/C14H16ClNO2/c1-14(9-16(2)3)11(12(15)13(17)18-14)10-7-5-4-6-8-10/h4-8H,9H2,1-3H3/t14-/m1/s1. The molecular weight excluding hydrogens is 250 g/mol. The van der Waals surface area contributed by atoms with Gasteiger partial charge in [-0.05, 0) is 26.6 Å². The molecule has 1 heterocycles. The molecule has 1 aromatic rings. The lowest BCUT2D eigenvalue weighted by molar-refractivity contribution is -0.145. The summed E-state index contributed by atoms with van der Waals surface area (Å²) in [4.78, 5) is 13.7. The van der Waals surface area contributed by atoms with Crippen molar-refractivity contribution in [3.63, 3.8) is 0 Å². The number of nitrogens with zero attached hydrogens (tertiary/aromatic N) is 1. The van der Waals surface area contributed by atoms with E-state index < -0.39 is 11.6 Å². The normalized spacial score (nSPS) is 23.7. The van der Waals surface area contributed by atoms with E-state index in [0.29, 0.717) is 6.54 Å². The Morgan fingerprint density at radius 2 is 1.89 bits per heavy atom. The van der Waals surface area contributed by atoms with Gasteiger partial charge in [-0.1, -0.05) is 41.9 Å². The molecule has 0 fully saturated rings. The van der Waals surface area contributed by atoms with Gasteiger partial charge in [-0.3, -0.25) is 0 Å². The minimum atomic E-state index is -0.695. The molecule has 1 atom stereocenters. The summed E-state index contributed by atoms with van der Waals surface area (Å²) in [7, 11) is 3.88. The third-order valence-electron chi connectivity index (χ3n) is 2.93. The molecule has 3 nitrogen and oxygen atoms in total. The lowest BCUT2D eigenvalue weighted by atomic mass is 9.90. The monoisotopic (exact) mass is 265 g/mol. The molecule has 0 amide bonds. The first-order valence-electron chi connectivity index (χ1n) is 5.78. The maximum absolute atomic E-state index is 11.7. The molecule has 0 spiro atoms. The summed E-state index contributed by atoms with van der Waals surface area (Å²) in [5, 5.41) is 0.186. The van der Waals surface area contributed by atoms with Crippen LogP contribution >= 0.6 is 11.6 Å². The van der Waals surface area contributed by atoms with E-state index in [1.165, 1.54) is 0 Å². The van der Waals surface area contributed by atoms with Crippen molar-refractivity contribution in [2.24, 2.45) is 0 Å². The summed E-state index contributed by atoms with van der Waals surface area (Å²) < 4.78 is 5.45. The van der Waals surface area contributed by atoms with Gasteiger partial charge in [0.2, 0.25) is 0 Å². The van der Waals surface area contributed by atoms with Crippen LogP contribution in [0.4, 0.5) is 0 Å². The molecule has 4 heteroatoms. The Kier molecular flexibility index (Phi) is 3.46. The zero-order valence-electron chi connectivity index (χ0n) is 10.7. The Hall–Kier alpha value is -1.32. The van der Waals surface area contributed by atoms with Gasteiger partial charge in [0.15, 0.2) is 0 Å². The number of cyclic esters (lactones) is 1.